The van der Waals surface area contributed by atoms with Gasteiger partial charge in [0.05, 0.1) is 25.0 Å². The Bertz CT molecular complexity index is 1310. The zero-order valence-corrected chi connectivity index (χ0v) is 18.8. The van der Waals surface area contributed by atoms with E-state index in [-0.39, 0.29) is 27.6 Å². The van der Waals surface area contributed by atoms with Crippen molar-refractivity contribution in [2.45, 2.75) is 36.5 Å². The van der Waals surface area contributed by atoms with Crippen LogP contribution in [0.25, 0.3) is 11.3 Å². The number of hydrogen-bond donors (Lipinski definition) is 0. The molecule has 2 aliphatic carbocycles. The highest BCUT2D eigenvalue weighted by molar-refractivity contribution is 7.90. The molecule has 0 atom stereocenters. The molecule has 9 heteroatoms. The van der Waals surface area contributed by atoms with Gasteiger partial charge in [-0.05, 0) is 67.3 Å². The van der Waals surface area contributed by atoms with Crippen LogP contribution in [0.5, 0.6) is 5.75 Å². The van der Waals surface area contributed by atoms with Crippen molar-refractivity contribution in [1.29, 1.82) is 0 Å². The van der Waals surface area contributed by atoms with Crippen molar-refractivity contribution in [2.75, 3.05) is 13.7 Å². The number of nitrogens with zero attached hydrogens (tertiary/aromatic N) is 2. The number of methoxy groups -OCH3 is 1. The predicted octanol–water partition coefficient (Wildman–Crippen LogP) is 4.38. The van der Waals surface area contributed by atoms with Gasteiger partial charge in [-0.1, -0.05) is 0 Å². The van der Waals surface area contributed by atoms with Gasteiger partial charge in [0.25, 0.3) is 10.0 Å². The SMILES string of the molecule is COC(=O)c1cn(S(=O)(=O)c2cccnc2)c(-c2ccc(OCC3CC3)cc2F)c1C1CC1. The minimum absolute atomic E-state index is 0.0513. The monoisotopic (exact) mass is 470 g/mol. The zero-order chi connectivity index (χ0) is 23.2. The van der Waals surface area contributed by atoms with E-state index in [2.05, 4.69) is 4.98 Å². The van der Waals surface area contributed by atoms with Crippen LogP contribution < -0.4 is 4.74 Å². The van der Waals surface area contributed by atoms with Crippen molar-refractivity contribution in [3.8, 4) is 17.0 Å². The van der Waals surface area contributed by atoms with Gasteiger partial charge in [-0.15, -0.1) is 0 Å². The molecular formula is C24H23FN2O5S. The lowest BCUT2D eigenvalue weighted by molar-refractivity contribution is 0.0599. The smallest absolute Gasteiger partial charge is 0.339 e. The number of benzene rings is 1. The van der Waals surface area contributed by atoms with E-state index in [9.17, 15) is 13.2 Å². The van der Waals surface area contributed by atoms with E-state index in [0.717, 1.165) is 29.7 Å². The molecule has 0 spiro atoms. The fraction of sp³-hybridized carbons (Fsp3) is 0.333. The molecule has 1 aromatic carbocycles. The predicted molar refractivity (Wildman–Crippen MR) is 118 cm³/mol. The Morgan fingerprint density at radius 3 is 2.61 bits per heavy atom. The highest BCUT2D eigenvalue weighted by Gasteiger charge is 2.38. The number of carbonyl (C=O) groups is 1. The second-order valence-electron chi connectivity index (χ2n) is 8.46. The van der Waals surface area contributed by atoms with Crippen LogP contribution in [0.2, 0.25) is 0 Å². The minimum Gasteiger partial charge on any atom is -0.493 e. The van der Waals surface area contributed by atoms with Crippen LogP contribution in [0.15, 0.2) is 53.8 Å². The zero-order valence-electron chi connectivity index (χ0n) is 18.0. The highest BCUT2D eigenvalue weighted by atomic mass is 32.2. The summed E-state index contributed by atoms with van der Waals surface area (Å²) in [5.41, 5.74) is 0.821. The number of carbonyl (C=O) groups excluding carboxylic acids is 1. The Morgan fingerprint density at radius 2 is 2.00 bits per heavy atom. The molecule has 0 radical (unpaired) electrons. The molecule has 0 saturated heterocycles. The fourth-order valence-corrected chi connectivity index (χ4v) is 5.25. The van der Waals surface area contributed by atoms with Gasteiger partial charge >= 0.3 is 5.97 Å². The maximum absolute atomic E-state index is 15.4. The molecule has 0 N–H and O–H groups in total. The molecule has 0 aliphatic heterocycles. The van der Waals surface area contributed by atoms with Crippen molar-refractivity contribution in [2.24, 2.45) is 5.92 Å². The second-order valence-corrected chi connectivity index (χ2v) is 10.3. The van der Waals surface area contributed by atoms with Crippen molar-refractivity contribution in [3.63, 3.8) is 0 Å². The van der Waals surface area contributed by atoms with Crippen LogP contribution in [-0.4, -0.2) is 37.1 Å². The summed E-state index contributed by atoms with van der Waals surface area (Å²) < 4.78 is 54.0. The summed E-state index contributed by atoms with van der Waals surface area (Å²) in [7, 11) is -2.92. The lowest BCUT2D eigenvalue weighted by Gasteiger charge is -2.14. The normalized spacial score (nSPS) is 15.9. The van der Waals surface area contributed by atoms with Gasteiger partial charge in [-0.2, -0.15) is 0 Å². The molecule has 33 heavy (non-hydrogen) atoms. The first-order valence-electron chi connectivity index (χ1n) is 10.8. The average molecular weight is 471 g/mol. The number of esters is 1. The van der Waals surface area contributed by atoms with E-state index in [1.54, 1.807) is 6.07 Å². The molecule has 0 unspecified atom stereocenters. The molecule has 2 aliphatic rings. The molecule has 2 saturated carbocycles. The molecule has 2 heterocycles. The van der Waals surface area contributed by atoms with E-state index >= 15 is 4.39 Å². The highest BCUT2D eigenvalue weighted by Crippen LogP contribution is 2.48. The lowest BCUT2D eigenvalue weighted by atomic mass is 10.0. The summed E-state index contributed by atoms with van der Waals surface area (Å²) in [5, 5.41) is 0. The minimum atomic E-state index is -4.16. The van der Waals surface area contributed by atoms with E-state index in [0.29, 0.717) is 23.8 Å². The number of rotatable bonds is 8. The van der Waals surface area contributed by atoms with Crippen molar-refractivity contribution >= 4 is 16.0 Å². The van der Waals surface area contributed by atoms with Gasteiger partial charge in [-0.25, -0.2) is 21.6 Å². The Hall–Kier alpha value is -3.20. The summed E-state index contributed by atoms with van der Waals surface area (Å²) in [5.74, 6) is -0.439. The molecule has 5 rings (SSSR count). The van der Waals surface area contributed by atoms with Gasteiger partial charge in [-0.3, -0.25) is 4.98 Å². The number of ether oxygens (including phenoxy) is 2. The van der Waals surface area contributed by atoms with E-state index in [4.69, 9.17) is 9.47 Å². The molecule has 0 bridgehead atoms. The molecule has 172 valence electrons. The van der Waals surface area contributed by atoms with Gasteiger partial charge in [0.15, 0.2) is 0 Å². The van der Waals surface area contributed by atoms with Gasteiger partial charge < -0.3 is 9.47 Å². The molecule has 0 amide bonds. The average Bonchev–Trinajstić information content (AvgIpc) is 3.76. The van der Waals surface area contributed by atoms with E-state index in [1.807, 2.05) is 0 Å². The summed E-state index contributed by atoms with van der Waals surface area (Å²) in [6.45, 7) is 0.532. The quantitative estimate of drug-likeness (QED) is 0.454. The maximum atomic E-state index is 15.4. The first-order valence-corrected chi connectivity index (χ1v) is 12.3. The Kier molecular flexibility index (Phi) is 5.44. The molecular weight excluding hydrogens is 447 g/mol. The van der Waals surface area contributed by atoms with Gasteiger partial charge in [0.2, 0.25) is 0 Å². The van der Waals surface area contributed by atoms with Gasteiger partial charge in [0.1, 0.15) is 16.5 Å². The summed E-state index contributed by atoms with van der Waals surface area (Å²) in [4.78, 5) is 16.4. The lowest BCUT2D eigenvalue weighted by Crippen LogP contribution is -2.14. The third-order valence-electron chi connectivity index (χ3n) is 5.97. The number of aromatic nitrogens is 2. The molecule has 2 fully saturated rings. The first-order chi connectivity index (χ1) is 15.9. The van der Waals surface area contributed by atoms with E-state index < -0.39 is 21.8 Å². The molecule has 2 aromatic heterocycles. The third-order valence-corrected chi connectivity index (χ3v) is 7.62. The standard InChI is InChI=1S/C24H23FN2O5S/c1-31-24(28)20-13-27(33(29,30)18-3-2-10-26-12-18)23(22(20)16-6-7-16)19-9-8-17(11-21(19)25)32-14-15-4-5-15/h2-3,8-13,15-16H,4-7,14H2,1H3. The van der Waals surface area contributed by atoms with Crippen molar-refractivity contribution < 1.29 is 27.1 Å². The van der Waals surface area contributed by atoms with Crippen LogP contribution >= 0.6 is 0 Å². The van der Waals surface area contributed by atoms with Crippen LogP contribution in [0.4, 0.5) is 4.39 Å². The molecule has 3 aromatic rings. The topological polar surface area (TPSA) is 87.5 Å². The third kappa shape index (κ3) is 4.13. The Labute approximate surface area is 191 Å². The second kappa shape index (κ2) is 8.30. The van der Waals surface area contributed by atoms with Crippen molar-refractivity contribution in [1.82, 2.24) is 8.96 Å². The Morgan fingerprint density at radius 1 is 1.21 bits per heavy atom. The maximum Gasteiger partial charge on any atom is 0.339 e. The first kappa shape index (κ1) is 21.6. The number of pyridine rings is 1. The van der Waals surface area contributed by atoms with Crippen LogP contribution in [0.3, 0.4) is 0 Å². The van der Waals surface area contributed by atoms with Crippen LogP contribution in [-0.2, 0) is 14.8 Å². The fourth-order valence-electron chi connectivity index (χ4n) is 3.90. The Balaban J connectivity index is 1.68. The van der Waals surface area contributed by atoms with Crippen LogP contribution in [0.1, 0.15) is 47.5 Å². The largest absolute Gasteiger partial charge is 0.493 e. The van der Waals surface area contributed by atoms with Gasteiger partial charge in [0, 0.05) is 30.2 Å². The number of halogens is 1. The number of hydrogen-bond acceptors (Lipinski definition) is 6. The summed E-state index contributed by atoms with van der Waals surface area (Å²) in [6.07, 6.45) is 7.69. The summed E-state index contributed by atoms with van der Waals surface area (Å²) in [6, 6.07) is 7.32. The summed E-state index contributed by atoms with van der Waals surface area (Å²) >= 11 is 0. The van der Waals surface area contributed by atoms with Crippen LogP contribution in [0, 0.1) is 11.7 Å². The van der Waals surface area contributed by atoms with E-state index in [1.165, 1.54) is 50.0 Å². The molecule has 7 nitrogen and oxygen atoms in total. The van der Waals surface area contributed by atoms with Crippen molar-refractivity contribution in [3.05, 3.63) is 65.9 Å².